The Labute approximate surface area is 73.7 Å². The van der Waals surface area contributed by atoms with Crippen molar-refractivity contribution in [2.75, 3.05) is 0 Å². The summed E-state index contributed by atoms with van der Waals surface area (Å²) in [4.78, 5) is 13.2. The molecule has 0 aliphatic heterocycles. The molecule has 2 nitrogen and oxygen atoms in total. The van der Waals surface area contributed by atoms with Crippen LogP contribution in [0.5, 0.6) is 0 Å². The van der Waals surface area contributed by atoms with E-state index in [9.17, 15) is 9.18 Å². The van der Waals surface area contributed by atoms with Gasteiger partial charge in [0, 0.05) is 11.9 Å². The zero-order valence-corrected chi connectivity index (χ0v) is 6.81. The fraction of sp³-hybridized carbons (Fsp3) is 0.125. The summed E-state index contributed by atoms with van der Waals surface area (Å²) >= 11 is 5.51. The molecule has 0 amide bonds. The summed E-state index contributed by atoms with van der Waals surface area (Å²) < 4.78 is 12.6. The van der Waals surface area contributed by atoms with Crippen molar-refractivity contribution in [1.29, 1.82) is 0 Å². The number of hydrogen-bond donors (Lipinski definition) is 0. The molecule has 4 heteroatoms. The molecule has 0 atom stereocenters. The molecule has 0 N–H and O–H groups in total. The van der Waals surface area contributed by atoms with Gasteiger partial charge in [-0.1, -0.05) is 6.07 Å². The topological polar surface area (TPSA) is 29.4 Å². The lowest BCUT2D eigenvalue weighted by atomic mass is 10.2. The van der Waals surface area contributed by atoms with Gasteiger partial charge >= 0.3 is 0 Å². The molecule has 0 spiro atoms. The summed E-state index contributed by atoms with van der Waals surface area (Å²) in [5, 5.41) is 0. The fourth-order valence-electron chi connectivity index (χ4n) is 0.803. The van der Waals surface area contributed by atoms with Crippen LogP contribution in [-0.2, 0) is 10.7 Å². The molecule has 0 saturated heterocycles. The molecule has 12 heavy (non-hydrogen) atoms. The zero-order valence-electron chi connectivity index (χ0n) is 6.05. The van der Waals surface area contributed by atoms with Crippen molar-refractivity contribution >= 4 is 23.4 Å². The van der Waals surface area contributed by atoms with Gasteiger partial charge in [0.15, 0.2) is 0 Å². The van der Waals surface area contributed by atoms with Gasteiger partial charge in [-0.15, -0.1) is 11.6 Å². The van der Waals surface area contributed by atoms with E-state index in [0.717, 1.165) is 6.07 Å². The molecule has 0 aromatic heterocycles. The molecular formula is C8H5ClFNO. The quantitative estimate of drug-likeness (QED) is 0.396. The van der Waals surface area contributed by atoms with Gasteiger partial charge in [0.25, 0.3) is 0 Å². The summed E-state index contributed by atoms with van der Waals surface area (Å²) in [5.41, 5.74) is 0.849. The van der Waals surface area contributed by atoms with Crippen molar-refractivity contribution in [2.24, 2.45) is 4.99 Å². The average molecular weight is 186 g/mol. The van der Waals surface area contributed by atoms with Crippen LogP contribution in [0.3, 0.4) is 0 Å². The molecule has 0 saturated carbocycles. The van der Waals surface area contributed by atoms with Gasteiger partial charge in [0.1, 0.15) is 5.82 Å². The molecule has 1 aromatic rings. The first-order valence-corrected chi connectivity index (χ1v) is 3.73. The summed E-state index contributed by atoms with van der Waals surface area (Å²) in [7, 11) is 0. The third-order valence-electron chi connectivity index (χ3n) is 1.36. The molecule has 1 aromatic carbocycles. The highest BCUT2D eigenvalue weighted by molar-refractivity contribution is 6.17. The van der Waals surface area contributed by atoms with Gasteiger partial charge in [-0.2, -0.15) is 4.99 Å². The van der Waals surface area contributed by atoms with Crippen molar-refractivity contribution in [3.8, 4) is 0 Å². The third kappa shape index (κ3) is 1.91. The normalized spacial score (nSPS) is 9.17. The molecule has 0 aliphatic carbocycles. The molecule has 0 unspecified atom stereocenters. The Morgan fingerprint density at radius 3 is 2.92 bits per heavy atom. The Kier molecular flexibility index (Phi) is 2.97. The summed E-state index contributed by atoms with van der Waals surface area (Å²) in [6.07, 6.45) is 1.34. The molecule has 0 radical (unpaired) electrons. The number of alkyl halides is 1. The number of halogens is 2. The second kappa shape index (κ2) is 4.00. The van der Waals surface area contributed by atoms with Crippen molar-refractivity contribution in [1.82, 2.24) is 0 Å². The van der Waals surface area contributed by atoms with Crippen LogP contribution in [0.15, 0.2) is 23.2 Å². The van der Waals surface area contributed by atoms with Gasteiger partial charge in [-0.3, -0.25) is 0 Å². The maximum atomic E-state index is 12.6. The first kappa shape index (κ1) is 8.91. The van der Waals surface area contributed by atoms with Gasteiger partial charge in [0.2, 0.25) is 6.08 Å². The van der Waals surface area contributed by atoms with Crippen LogP contribution in [0, 0.1) is 5.82 Å². The lowest BCUT2D eigenvalue weighted by Gasteiger charge is -1.98. The van der Waals surface area contributed by atoms with E-state index in [4.69, 9.17) is 11.6 Å². The lowest BCUT2D eigenvalue weighted by Crippen LogP contribution is -1.81. The third-order valence-corrected chi connectivity index (χ3v) is 1.65. The minimum absolute atomic E-state index is 0.195. The number of benzene rings is 1. The van der Waals surface area contributed by atoms with Crippen LogP contribution < -0.4 is 0 Å². The molecule has 62 valence electrons. The lowest BCUT2D eigenvalue weighted by molar-refractivity contribution is 0.565. The SMILES string of the molecule is O=C=Nc1cc(F)ccc1CCl. The van der Waals surface area contributed by atoms with E-state index in [0.29, 0.717) is 5.56 Å². The molecule has 0 bridgehead atoms. The van der Waals surface area contributed by atoms with Crippen LogP contribution >= 0.6 is 11.6 Å². The summed E-state index contributed by atoms with van der Waals surface area (Å²) in [6, 6.07) is 3.89. The largest absolute Gasteiger partial charge is 0.240 e. The molecule has 0 fully saturated rings. The first-order chi connectivity index (χ1) is 5.77. The highest BCUT2D eigenvalue weighted by atomic mass is 35.5. The summed E-state index contributed by atoms with van der Waals surface area (Å²) in [6.45, 7) is 0. The number of isocyanates is 1. The second-order valence-electron chi connectivity index (χ2n) is 2.11. The molecule has 1 rings (SSSR count). The highest BCUT2D eigenvalue weighted by Gasteiger charge is 2.01. The fourth-order valence-corrected chi connectivity index (χ4v) is 1.03. The van der Waals surface area contributed by atoms with E-state index in [2.05, 4.69) is 4.99 Å². The molecular weight excluding hydrogens is 181 g/mol. The smallest absolute Gasteiger partial charge is 0.211 e. The zero-order chi connectivity index (χ0) is 8.97. The van der Waals surface area contributed by atoms with E-state index in [-0.39, 0.29) is 11.6 Å². The van der Waals surface area contributed by atoms with E-state index < -0.39 is 5.82 Å². The number of carbonyl (C=O) groups excluding carboxylic acids is 1. The van der Waals surface area contributed by atoms with E-state index >= 15 is 0 Å². The van der Waals surface area contributed by atoms with Gasteiger partial charge in [0.05, 0.1) is 5.69 Å². The minimum atomic E-state index is -0.446. The van der Waals surface area contributed by atoms with Gasteiger partial charge in [-0.05, 0) is 11.6 Å². The number of rotatable bonds is 2. The number of hydrogen-bond acceptors (Lipinski definition) is 2. The van der Waals surface area contributed by atoms with E-state index in [1.54, 1.807) is 0 Å². The van der Waals surface area contributed by atoms with Gasteiger partial charge in [-0.25, -0.2) is 9.18 Å². The van der Waals surface area contributed by atoms with Gasteiger partial charge < -0.3 is 0 Å². The second-order valence-corrected chi connectivity index (χ2v) is 2.38. The van der Waals surface area contributed by atoms with Crippen LogP contribution in [0.25, 0.3) is 0 Å². The van der Waals surface area contributed by atoms with Crippen molar-refractivity contribution < 1.29 is 9.18 Å². The Morgan fingerprint density at radius 2 is 2.33 bits per heavy atom. The van der Waals surface area contributed by atoms with Crippen molar-refractivity contribution in [2.45, 2.75) is 5.88 Å². The average Bonchev–Trinajstić information content (AvgIpc) is 2.05. The van der Waals surface area contributed by atoms with Crippen LogP contribution in [0.1, 0.15) is 5.56 Å². The Hall–Kier alpha value is -1.18. The molecule has 0 heterocycles. The minimum Gasteiger partial charge on any atom is -0.211 e. The Balaban J connectivity index is 3.20. The van der Waals surface area contributed by atoms with E-state index in [1.807, 2.05) is 0 Å². The first-order valence-electron chi connectivity index (χ1n) is 3.20. The van der Waals surface area contributed by atoms with Crippen molar-refractivity contribution in [3.63, 3.8) is 0 Å². The maximum Gasteiger partial charge on any atom is 0.240 e. The highest BCUT2D eigenvalue weighted by Crippen LogP contribution is 2.21. The standard InChI is InChI=1S/C8H5ClFNO/c9-4-6-1-2-7(10)3-8(6)11-5-12/h1-3H,4H2. The monoisotopic (exact) mass is 185 g/mol. The number of aliphatic imine (C=N–C) groups is 1. The molecule has 0 aliphatic rings. The predicted octanol–water partition coefficient (Wildman–Crippen LogP) is 2.53. The maximum absolute atomic E-state index is 12.6. The van der Waals surface area contributed by atoms with Crippen LogP contribution in [-0.4, -0.2) is 6.08 Å². The predicted molar refractivity (Wildman–Crippen MR) is 43.7 cm³/mol. The van der Waals surface area contributed by atoms with E-state index in [1.165, 1.54) is 18.2 Å². The Bertz CT molecular complexity index is 334. The van der Waals surface area contributed by atoms with Crippen molar-refractivity contribution in [3.05, 3.63) is 29.6 Å². The summed E-state index contributed by atoms with van der Waals surface area (Å²) in [5.74, 6) is -0.251. The number of nitrogens with zero attached hydrogens (tertiary/aromatic N) is 1. The Morgan fingerprint density at radius 1 is 1.58 bits per heavy atom. The van der Waals surface area contributed by atoms with Crippen LogP contribution in [0.4, 0.5) is 10.1 Å². The van der Waals surface area contributed by atoms with Crippen LogP contribution in [0.2, 0.25) is 0 Å².